The molecule has 0 aliphatic rings. The van der Waals surface area contributed by atoms with Crippen LogP contribution in [0, 0.1) is 0 Å². The van der Waals surface area contributed by atoms with Crippen LogP contribution in [0.5, 0.6) is 0 Å². The Labute approximate surface area is 171 Å². The van der Waals surface area contributed by atoms with E-state index in [1.165, 1.54) is 0 Å². The van der Waals surface area contributed by atoms with Gasteiger partial charge in [-0.15, -0.1) is 0 Å². The highest BCUT2D eigenvalue weighted by molar-refractivity contribution is 5.93. The van der Waals surface area contributed by atoms with Gasteiger partial charge < -0.3 is 15.5 Å². The minimum absolute atomic E-state index is 0.00285. The molecule has 1 aromatic heterocycles. The fourth-order valence-electron chi connectivity index (χ4n) is 2.78. The molecule has 0 atom stereocenters. The Bertz CT molecular complexity index is 960. The summed E-state index contributed by atoms with van der Waals surface area (Å²) in [6, 6.07) is 19.5. The van der Waals surface area contributed by atoms with Gasteiger partial charge in [-0.1, -0.05) is 30.3 Å². The average molecular weight is 390 g/mol. The van der Waals surface area contributed by atoms with Gasteiger partial charge in [0.2, 0.25) is 0 Å². The number of aromatic nitrogens is 2. The summed E-state index contributed by atoms with van der Waals surface area (Å²) in [6.07, 6.45) is 1.94. The quantitative estimate of drug-likeness (QED) is 0.501. The van der Waals surface area contributed by atoms with Crippen molar-refractivity contribution in [3.63, 3.8) is 0 Å². The van der Waals surface area contributed by atoms with Crippen LogP contribution in [0.3, 0.4) is 0 Å². The topological polar surface area (TPSA) is 74.6 Å². The highest BCUT2D eigenvalue weighted by Crippen LogP contribution is 2.07. The molecule has 0 bridgehead atoms. The predicted molar refractivity (Wildman–Crippen MR) is 115 cm³/mol. The van der Waals surface area contributed by atoms with Crippen LogP contribution in [0.15, 0.2) is 71.9 Å². The van der Waals surface area contributed by atoms with Crippen molar-refractivity contribution in [2.75, 3.05) is 21.1 Å². The Morgan fingerprint density at radius 2 is 1.69 bits per heavy atom. The molecule has 2 aromatic carbocycles. The molecule has 2 N–H and O–H groups in total. The van der Waals surface area contributed by atoms with E-state index in [1.807, 2.05) is 71.5 Å². The van der Waals surface area contributed by atoms with Gasteiger partial charge >= 0.3 is 0 Å². The molecule has 7 heteroatoms. The number of benzene rings is 2. The lowest BCUT2D eigenvalue weighted by molar-refractivity contribution is 0.0827. The monoisotopic (exact) mass is 390 g/mol. The van der Waals surface area contributed by atoms with Gasteiger partial charge in [0.05, 0.1) is 17.9 Å². The third kappa shape index (κ3) is 5.44. The Morgan fingerprint density at radius 1 is 1.00 bits per heavy atom. The minimum atomic E-state index is -0.00285. The fourth-order valence-corrected chi connectivity index (χ4v) is 2.78. The number of hydrogen-bond acceptors (Lipinski definition) is 3. The van der Waals surface area contributed by atoms with E-state index in [2.05, 4.69) is 20.7 Å². The Hall–Kier alpha value is -3.61. The van der Waals surface area contributed by atoms with Crippen molar-refractivity contribution in [1.29, 1.82) is 0 Å². The summed E-state index contributed by atoms with van der Waals surface area (Å²) >= 11 is 0. The first-order chi connectivity index (χ1) is 14.1. The molecule has 0 unspecified atom stereocenters. The van der Waals surface area contributed by atoms with E-state index in [-0.39, 0.29) is 5.91 Å². The maximum Gasteiger partial charge on any atom is 0.253 e. The van der Waals surface area contributed by atoms with E-state index in [9.17, 15) is 4.79 Å². The second kappa shape index (κ2) is 9.54. The number of guanidine groups is 1. The van der Waals surface area contributed by atoms with Gasteiger partial charge in [-0.3, -0.25) is 9.79 Å². The van der Waals surface area contributed by atoms with Crippen molar-refractivity contribution in [3.05, 3.63) is 83.7 Å². The molecule has 3 rings (SSSR count). The normalized spacial score (nSPS) is 11.2. The van der Waals surface area contributed by atoms with Crippen LogP contribution in [-0.2, 0) is 13.1 Å². The molecule has 0 radical (unpaired) electrons. The molecule has 0 aliphatic heterocycles. The van der Waals surface area contributed by atoms with Crippen LogP contribution in [0.1, 0.15) is 21.6 Å². The van der Waals surface area contributed by atoms with E-state index in [0.717, 1.165) is 16.9 Å². The lowest BCUT2D eigenvalue weighted by Crippen LogP contribution is -2.36. The molecule has 7 nitrogen and oxygen atoms in total. The number of nitrogens with zero attached hydrogens (tertiary/aromatic N) is 4. The third-order valence-electron chi connectivity index (χ3n) is 4.39. The number of carbonyl (C=O) groups excluding carboxylic acids is 1. The number of rotatable bonds is 6. The first kappa shape index (κ1) is 20.1. The van der Waals surface area contributed by atoms with Crippen LogP contribution in [0.4, 0.5) is 0 Å². The minimum Gasteiger partial charge on any atom is -0.352 e. The maximum absolute atomic E-state index is 12.0. The van der Waals surface area contributed by atoms with E-state index in [1.54, 1.807) is 26.0 Å². The molecule has 3 aromatic rings. The molecule has 0 saturated heterocycles. The zero-order valence-electron chi connectivity index (χ0n) is 17.0. The summed E-state index contributed by atoms with van der Waals surface area (Å²) in [7, 11) is 5.23. The van der Waals surface area contributed by atoms with Crippen molar-refractivity contribution < 1.29 is 4.79 Å². The Morgan fingerprint density at radius 3 is 2.34 bits per heavy atom. The highest BCUT2D eigenvalue weighted by Gasteiger charge is 2.07. The summed E-state index contributed by atoms with van der Waals surface area (Å²) < 4.78 is 1.85. The first-order valence-corrected chi connectivity index (χ1v) is 9.42. The standard InChI is InChI=1S/C22H26N6O/c1-23-22(24-15-17-9-11-18(12-10-17)21(29)27(2)3)25-16-19-13-14-28(26-19)20-7-5-4-6-8-20/h4-14H,15-16H2,1-3H3,(H2,23,24,25). The average Bonchev–Trinajstić information content (AvgIpc) is 3.23. The predicted octanol–water partition coefficient (Wildman–Crippen LogP) is 2.44. The second-order valence-electron chi connectivity index (χ2n) is 6.76. The van der Waals surface area contributed by atoms with Gasteiger partial charge in [0.15, 0.2) is 5.96 Å². The molecule has 0 saturated carbocycles. The van der Waals surface area contributed by atoms with Crippen LogP contribution in [0.25, 0.3) is 5.69 Å². The molecule has 0 fully saturated rings. The SMILES string of the molecule is CN=C(NCc1ccc(C(=O)N(C)C)cc1)NCc1ccn(-c2ccccc2)n1. The van der Waals surface area contributed by atoms with Crippen molar-refractivity contribution in [1.82, 2.24) is 25.3 Å². The zero-order chi connectivity index (χ0) is 20.6. The van der Waals surface area contributed by atoms with E-state index in [0.29, 0.717) is 24.6 Å². The summed E-state index contributed by atoms with van der Waals surface area (Å²) in [4.78, 5) is 17.8. The smallest absolute Gasteiger partial charge is 0.253 e. The summed E-state index contributed by atoms with van der Waals surface area (Å²) in [6.45, 7) is 1.17. The number of para-hydroxylation sites is 1. The maximum atomic E-state index is 12.0. The number of amides is 1. The van der Waals surface area contributed by atoms with Crippen molar-refractivity contribution in [3.8, 4) is 5.69 Å². The Balaban J connectivity index is 1.51. The molecule has 0 spiro atoms. The van der Waals surface area contributed by atoms with E-state index in [4.69, 9.17) is 0 Å². The first-order valence-electron chi connectivity index (χ1n) is 9.42. The number of aliphatic imine (C=N–C) groups is 1. The largest absolute Gasteiger partial charge is 0.352 e. The fraction of sp³-hybridized carbons (Fsp3) is 0.227. The van der Waals surface area contributed by atoms with Crippen LogP contribution in [0.2, 0.25) is 0 Å². The van der Waals surface area contributed by atoms with Crippen LogP contribution < -0.4 is 10.6 Å². The molecular weight excluding hydrogens is 364 g/mol. The van der Waals surface area contributed by atoms with Crippen LogP contribution in [-0.4, -0.2) is 47.7 Å². The molecular formula is C22H26N6O. The third-order valence-corrected chi connectivity index (χ3v) is 4.39. The van der Waals surface area contributed by atoms with E-state index >= 15 is 0 Å². The Kier molecular flexibility index (Phi) is 6.63. The van der Waals surface area contributed by atoms with Crippen LogP contribution >= 0.6 is 0 Å². The van der Waals surface area contributed by atoms with Gasteiger partial charge in [0.25, 0.3) is 5.91 Å². The number of carbonyl (C=O) groups is 1. The van der Waals surface area contributed by atoms with Gasteiger partial charge in [-0.25, -0.2) is 4.68 Å². The number of nitrogens with one attached hydrogen (secondary N) is 2. The van der Waals surface area contributed by atoms with E-state index < -0.39 is 0 Å². The highest BCUT2D eigenvalue weighted by atomic mass is 16.2. The van der Waals surface area contributed by atoms with Gasteiger partial charge in [0.1, 0.15) is 0 Å². The molecule has 0 aliphatic carbocycles. The molecule has 1 heterocycles. The number of hydrogen-bond donors (Lipinski definition) is 2. The lowest BCUT2D eigenvalue weighted by atomic mass is 10.1. The van der Waals surface area contributed by atoms with Crippen molar-refractivity contribution in [2.45, 2.75) is 13.1 Å². The molecule has 1 amide bonds. The summed E-state index contributed by atoms with van der Waals surface area (Å²) in [5, 5.41) is 11.1. The zero-order valence-corrected chi connectivity index (χ0v) is 17.0. The molecule has 150 valence electrons. The van der Waals surface area contributed by atoms with Crippen molar-refractivity contribution >= 4 is 11.9 Å². The summed E-state index contributed by atoms with van der Waals surface area (Å²) in [5.74, 6) is 0.685. The summed E-state index contributed by atoms with van der Waals surface area (Å²) in [5.41, 5.74) is 3.69. The van der Waals surface area contributed by atoms with Gasteiger partial charge in [-0.05, 0) is 35.9 Å². The lowest BCUT2D eigenvalue weighted by Gasteiger charge is -2.12. The van der Waals surface area contributed by atoms with Crippen molar-refractivity contribution in [2.24, 2.45) is 4.99 Å². The second-order valence-corrected chi connectivity index (χ2v) is 6.76. The van der Waals surface area contributed by atoms with Gasteiger partial charge in [-0.2, -0.15) is 5.10 Å². The van der Waals surface area contributed by atoms with Gasteiger partial charge in [0, 0.05) is 39.4 Å². The molecule has 29 heavy (non-hydrogen) atoms.